The van der Waals surface area contributed by atoms with Gasteiger partial charge in [-0.1, -0.05) is 0 Å². The highest BCUT2D eigenvalue weighted by atomic mass is 16.2. The van der Waals surface area contributed by atoms with Gasteiger partial charge < -0.3 is 0 Å². The average molecular weight is 161 g/mol. The fourth-order valence-electron chi connectivity index (χ4n) is 1.07. The van der Waals surface area contributed by atoms with Crippen LogP contribution in [-0.4, -0.2) is 16.6 Å². The lowest BCUT2D eigenvalue weighted by Gasteiger charge is -1.94. The van der Waals surface area contributed by atoms with Crippen molar-refractivity contribution in [2.45, 2.75) is 6.42 Å². The van der Waals surface area contributed by atoms with E-state index in [2.05, 4.69) is 15.5 Å². The van der Waals surface area contributed by atoms with Crippen LogP contribution in [0.15, 0.2) is 29.6 Å². The van der Waals surface area contributed by atoms with E-state index in [0.717, 1.165) is 11.3 Å². The molecule has 1 N–H and O–H groups in total. The Bertz CT molecular complexity index is 331. The van der Waals surface area contributed by atoms with Crippen LogP contribution in [0.4, 0.5) is 0 Å². The summed E-state index contributed by atoms with van der Waals surface area (Å²) in [5, 5.41) is 3.88. The van der Waals surface area contributed by atoms with Crippen molar-refractivity contribution in [3.05, 3.63) is 30.1 Å². The molecule has 0 aromatic carbocycles. The zero-order chi connectivity index (χ0) is 8.39. The smallest absolute Gasteiger partial charge is 0.246 e. The molecule has 4 heteroatoms. The molecule has 0 fully saturated rings. The van der Waals surface area contributed by atoms with Gasteiger partial charge in [0.1, 0.15) is 0 Å². The minimum Gasteiger partial charge on any atom is -0.273 e. The highest BCUT2D eigenvalue weighted by Crippen LogP contribution is 2.06. The molecule has 12 heavy (non-hydrogen) atoms. The normalized spacial score (nSPS) is 15.7. The van der Waals surface area contributed by atoms with Gasteiger partial charge in [0.25, 0.3) is 0 Å². The van der Waals surface area contributed by atoms with Crippen LogP contribution in [0.1, 0.15) is 12.0 Å². The Balaban J connectivity index is 2.28. The second-order valence-electron chi connectivity index (χ2n) is 2.51. The van der Waals surface area contributed by atoms with E-state index in [1.807, 2.05) is 12.1 Å². The standard InChI is InChI=1S/C8H7N3O/c12-8-5-7(10-11-8)6-1-3-9-4-2-6/h1-4H,5H2,(H,11,12). The van der Waals surface area contributed by atoms with E-state index in [9.17, 15) is 4.79 Å². The molecule has 0 saturated heterocycles. The van der Waals surface area contributed by atoms with Crippen molar-refractivity contribution in [3.8, 4) is 0 Å². The number of pyridine rings is 1. The molecule has 1 amide bonds. The summed E-state index contributed by atoms with van der Waals surface area (Å²) < 4.78 is 0. The van der Waals surface area contributed by atoms with E-state index in [1.54, 1.807) is 12.4 Å². The summed E-state index contributed by atoms with van der Waals surface area (Å²) in [5.74, 6) is -0.0539. The molecule has 60 valence electrons. The maximum absolute atomic E-state index is 10.8. The number of carbonyl (C=O) groups excluding carboxylic acids is 1. The number of hydrazone groups is 1. The van der Waals surface area contributed by atoms with Gasteiger partial charge >= 0.3 is 0 Å². The van der Waals surface area contributed by atoms with E-state index in [0.29, 0.717) is 6.42 Å². The summed E-state index contributed by atoms with van der Waals surface area (Å²) in [4.78, 5) is 14.7. The van der Waals surface area contributed by atoms with Crippen LogP contribution in [0.3, 0.4) is 0 Å². The van der Waals surface area contributed by atoms with Gasteiger partial charge in [0, 0.05) is 18.0 Å². The molecule has 4 nitrogen and oxygen atoms in total. The third kappa shape index (κ3) is 1.18. The molecular weight excluding hydrogens is 154 g/mol. The summed E-state index contributed by atoms with van der Waals surface area (Å²) in [6.07, 6.45) is 3.73. The van der Waals surface area contributed by atoms with Crippen LogP contribution in [-0.2, 0) is 4.79 Å². The fourth-order valence-corrected chi connectivity index (χ4v) is 1.07. The summed E-state index contributed by atoms with van der Waals surface area (Å²) >= 11 is 0. The molecule has 0 saturated carbocycles. The van der Waals surface area contributed by atoms with Gasteiger partial charge in [-0.2, -0.15) is 5.10 Å². The molecule has 1 aromatic rings. The first-order valence-corrected chi connectivity index (χ1v) is 3.62. The maximum atomic E-state index is 10.8. The predicted octanol–water partition coefficient (Wildman–Crippen LogP) is 0.306. The average Bonchev–Trinajstić information content (AvgIpc) is 2.54. The van der Waals surface area contributed by atoms with Gasteiger partial charge in [-0.15, -0.1) is 0 Å². The molecular formula is C8H7N3O. The Kier molecular flexibility index (Phi) is 1.59. The summed E-state index contributed by atoms with van der Waals surface area (Å²) in [5.41, 5.74) is 4.12. The summed E-state index contributed by atoms with van der Waals surface area (Å²) in [6.45, 7) is 0. The molecule has 0 atom stereocenters. The largest absolute Gasteiger partial charge is 0.273 e. The van der Waals surface area contributed by atoms with Crippen molar-refractivity contribution in [1.29, 1.82) is 0 Å². The number of rotatable bonds is 1. The number of carbonyl (C=O) groups is 1. The highest BCUT2D eigenvalue weighted by molar-refractivity contribution is 6.13. The van der Waals surface area contributed by atoms with Crippen LogP contribution in [0, 0.1) is 0 Å². The zero-order valence-electron chi connectivity index (χ0n) is 6.32. The van der Waals surface area contributed by atoms with Crippen molar-refractivity contribution in [3.63, 3.8) is 0 Å². The molecule has 2 rings (SSSR count). The molecule has 0 aliphatic carbocycles. The minimum absolute atomic E-state index is 0.0539. The van der Waals surface area contributed by atoms with Crippen LogP contribution in [0.2, 0.25) is 0 Å². The number of nitrogens with one attached hydrogen (secondary N) is 1. The first-order valence-electron chi connectivity index (χ1n) is 3.62. The molecule has 1 aliphatic heterocycles. The highest BCUT2D eigenvalue weighted by Gasteiger charge is 2.15. The Labute approximate surface area is 69.3 Å². The minimum atomic E-state index is -0.0539. The molecule has 0 spiro atoms. The second kappa shape index (κ2) is 2.73. The maximum Gasteiger partial charge on any atom is 0.246 e. The molecule has 0 radical (unpaired) electrons. The van der Waals surface area contributed by atoms with Crippen LogP contribution in [0.25, 0.3) is 0 Å². The van der Waals surface area contributed by atoms with Crippen molar-refractivity contribution in [1.82, 2.24) is 10.4 Å². The lowest BCUT2D eigenvalue weighted by Crippen LogP contribution is -2.09. The zero-order valence-corrected chi connectivity index (χ0v) is 6.32. The number of hydrogen-bond donors (Lipinski definition) is 1. The quantitative estimate of drug-likeness (QED) is 0.644. The van der Waals surface area contributed by atoms with Gasteiger partial charge in [-0.25, -0.2) is 5.43 Å². The first-order chi connectivity index (χ1) is 5.86. The van der Waals surface area contributed by atoms with Crippen molar-refractivity contribution < 1.29 is 4.79 Å². The van der Waals surface area contributed by atoms with E-state index in [1.165, 1.54) is 0 Å². The van der Waals surface area contributed by atoms with Gasteiger partial charge in [0.2, 0.25) is 5.91 Å². The fraction of sp³-hybridized carbons (Fsp3) is 0.125. The Morgan fingerprint density at radius 2 is 2.08 bits per heavy atom. The van der Waals surface area contributed by atoms with Crippen molar-refractivity contribution in [2.24, 2.45) is 5.10 Å². The molecule has 1 aliphatic rings. The van der Waals surface area contributed by atoms with Gasteiger partial charge in [-0.3, -0.25) is 9.78 Å². The van der Waals surface area contributed by atoms with Crippen molar-refractivity contribution >= 4 is 11.6 Å². The molecule has 0 bridgehead atoms. The van der Waals surface area contributed by atoms with Crippen molar-refractivity contribution in [2.75, 3.05) is 0 Å². The van der Waals surface area contributed by atoms with Gasteiger partial charge in [0.15, 0.2) is 0 Å². The van der Waals surface area contributed by atoms with Crippen LogP contribution < -0.4 is 5.43 Å². The van der Waals surface area contributed by atoms with Crippen LogP contribution in [0.5, 0.6) is 0 Å². The van der Waals surface area contributed by atoms with Gasteiger partial charge in [0.05, 0.1) is 12.1 Å². The predicted molar refractivity (Wildman–Crippen MR) is 43.5 cm³/mol. The third-order valence-corrected chi connectivity index (χ3v) is 1.66. The molecule has 1 aromatic heterocycles. The van der Waals surface area contributed by atoms with Gasteiger partial charge in [-0.05, 0) is 12.1 Å². The van der Waals surface area contributed by atoms with Crippen LogP contribution >= 0.6 is 0 Å². The number of amides is 1. The third-order valence-electron chi connectivity index (χ3n) is 1.66. The Hall–Kier alpha value is -1.71. The van der Waals surface area contributed by atoms with E-state index in [4.69, 9.17) is 0 Å². The van der Waals surface area contributed by atoms with E-state index < -0.39 is 0 Å². The molecule has 0 unspecified atom stereocenters. The SMILES string of the molecule is O=C1CC(c2ccncc2)=NN1. The summed E-state index contributed by atoms with van der Waals surface area (Å²) in [6, 6.07) is 3.66. The summed E-state index contributed by atoms with van der Waals surface area (Å²) in [7, 11) is 0. The molecule has 2 heterocycles. The Morgan fingerprint density at radius 1 is 1.33 bits per heavy atom. The topological polar surface area (TPSA) is 54.4 Å². The first kappa shape index (κ1) is 6.97. The number of nitrogens with zero attached hydrogens (tertiary/aromatic N) is 2. The number of aromatic nitrogens is 1. The lowest BCUT2D eigenvalue weighted by atomic mass is 10.1. The van der Waals surface area contributed by atoms with E-state index in [-0.39, 0.29) is 5.91 Å². The monoisotopic (exact) mass is 161 g/mol. The second-order valence-corrected chi connectivity index (χ2v) is 2.51. The lowest BCUT2D eigenvalue weighted by molar-refractivity contribution is -0.119. The van der Waals surface area contributed by atoms with E-state index >= 15 is 0 Å². The number of hydrogen-bond acceptors (Lipinski definition) is 3. The Morgan fingerprint density at radius 3 is 2.67 bits per heavy atom.